The van der Waals surface area contributed by atoms with E-state index in [1.807, 2.05) is 6.92 Å². The highest BCUT2D eigenvalue weighted by Crippen LogP contribution is 2.06. The predicted molar refractivity (Wildman–Crippen MR) is 64.4 cm³/mol. The molecule has 0 aromatic carbocycles. The van der Waals surface area contributed by atoms with Crippen molar-refractivity contribution < 1.29 is 4.79 Å². The SMILES string of the molecule is C#CC(C)NC(=O)CCCCCCCC. The lowest BCUT2D eigenvalue weighted by Crippen LogP contribution is -2.30. The van der Waals surface area contributed by atoms with Gasteiger partial charge in [-0.2, -0.15) is 0 Å². The Morgan fingerprint density at radius 1 is 1.27 bits per heavy atom. The maximum Gasteiger partial charge on any atom is 0.220 e. The molecule has 0 aliphatic rings. The van der Waals surface area contributed by atoms with Gasteiger partial charge in [0.05, 0.1) is 6.04 Å². The van der Waals surface area contributed by atoms with Crippen LogP contribution in [0.3, 0.4) is 0 Å². The summed E-state index contributed by atoms with van der Waals surface area (Å²) in [6, 6.07) is -0.141. The summed E-state index contributed by atoms with van der Waals surface area (Å²) in [4.78, 5) is 11.3. The Bertz CT molecular complexity index is 205. The summed E-state index contributed by atoms with van der Waals surface area (Å²) in [7, 11) is 0. The van der Waals surface area contributed by atoms with Crippen molar-refractivity contribution in [2.45, 2.75) is 64.8 Å². The van der Waals surface area contributed by atoms with Gasteiger partial charge in [-0.1, -0.05) is 44.9 Å². The third kappa shape index (κ3) is 9.34. The molecule has 0 saturated heterocycles. The summed E-state index contributed by atoms with van der Waals surface area (Å²) in [5.74, 6) is 2.56. The van der Waals surface area contributed by atoms with E-state index >= 15 is 0 Å². The molecule has 0 saturated carbocycles. The second-order valence-electron chi connectivity index (χ2n) is 3.97. The normalized spacial score (nSPS) is 11.8. The number of amides is 1. The first-order chi connectivity index (χ1) is 7.20. The van der Waals surface area contributed by atoms with Gasteiger partial charge in [-0.3, -0.25) is 4.79 Å². The molecule has 1 amide bonds. The van der Waals surface area contributed by atoms with E-state index in [0.29, 0.717) is 6.42 Å². The van der Waals surface area contributed by atoms with E-state index in [2.05, 4.69) is 18.2 Å². The third-order valence-corrected chi connectivity index (χ3v) is 2.38. The molecule has 0 radical (unpaired) electrons. The number of hydrogen-bond acceptors (Lipinski definition) is 1. The topological polar surface area (TPSA) is 29.1 Å². The van der Waals surface area contributed by atoms with Crippen LogP contribution in [0.1, 0.15) is 58.8 Å². The van der Waals surface area contributed by atoms with Gasteiger partial charge in [-0.05, 0) is 13.3 Å². The lowest BCUT2D eigenvalue weighted by atomic mass is 10.1. The largest absolute Gasteiger partial charge is 0.343 e. The fourth-order valence-electron chi connectivity index (χ4n) is 1.42. The summed E-state index contributed by atoms with van der Waals surface area (Å²) in [5, 5.41) is 2.76. The molecule has 15 heavy (non-hydrogen) atoms. The van der Waals surface area contributed by atoms with E-state index in [-0.39, 0.29) is 11.9 Å². The van der Waals surface area contributed by atoms with Crippen LogP contribution >= 0.6 is 0 Å². The molecule has 2 nitrogen and oxygen atoms in total. The van der Waals surface area contributed by atoms with Crippen LogP contribution in [-0.2, 0) is 4.79 Å². The highest BCUT2D eigenvalue weighted by Gasteiger charge is 2.03. The van der Waals surface area contributed by atoms with E-state index in [4.69, 9.17) is 6.42 Å². The first-order valence-corrected chi connectivity index (χ1v) is 5.96. The van der Waals surface area contributed by atoms with Gasteiger partial charge >= 0.3 is 0 Å². The first-order valence-electron chi connectivity index (χ1n) is 5.96. The van der Waals surface area contributed by atoms with Gasteiger partial charge in [-0.25, -0.2) is 0 Å². The summed E-state index contributed by atoms with van der Waals surface area (Å²) in [5.41, 5.74) is 0. The molecule has 1 atom stereocenters. The molecule has 0 aromatic heterocycles. The van der Waals surface area contributed by atoms with E-state index in [1.54, 1.807) is 0 Å². The molecular weight excluding hydrogens is 186 g/mol. The van der Waals surface area contributed by atoms with E-state index in [0.717, 1.165) is 12.8 Å². The monoisotopic (exact) mass is 209 g/mol. The van der Waals surface area contributed by atoms with Crippen LogP contribution in [0, 0.1) is 12.3 Å². The summed E-state index contributed by atoms with van der Waals surface area (Å²) in [6.07, 6.45) is 13.0. The number of carbonyl (C=O) groups excluding carboxylic acids is 1. The van der Waals surface area contributed by atoms with Gasteiger partial charge in [0.15, 0.2) is 0 Å². The molecule has 1 N–H and O–H groups in total. The Morgan fingerprint density at radius 2 is 1.87 bits per heavy atom. The van der Waals surface area contributed by atoms with Crippen molar-refractivity contribution in [3.8, 4) is 12.3 Å². The number of hydrogen-bond donors (Lipinski definition) is 1. The maximum absolute atomic E-state index is 11.3. The van der Waals surface area contributed by atoms with E-state index in [1.165, 1.54) is 25.7 Å². The van der Waals surface area contributed by atoms with Crippen molar-refractivity contribution in [2.24, 2.45) is 0 Å². The van der Waals surface area contributed by atoms with Crippen molar-refractivity contribution in [1.82, 2.24) is 5.32 Å². The van der Waals surface area contributed by atoms with Gasteiger partial charge in [0, 0.05) is 6.42 Å². The van der Waals surface area contributed by atoms with E-state index < -0.39 is 0 Å². The van der Waals surface area contributed by atoms with Crippen molar-refractivity contribution in [3.63, 3.8) is 0 Å². The summed E-state index contributed by atoms with van der Waals surface area (Å²) in [6.45, 7) is 4.02. The molecule has 0 aliphatic carbocycles. The number of unbranched alkanes of at least 4 members (excludes halogenated alkanes) is 5. The fourth-order valence-corrected chi connectivity index (χ4v) is 1.42. The third-order valence-electron chi connectivity index (χ3n) is 2.38. The minimum absolute atomic E-state index is 0.0796. The Labute approximate surface area is 93.8 Å². The first kappa shape index (κ1) is 14.0. The highest BCUT2D eigenvalue weighted by atomic mass is 16.1. The molecule has 0 aliphatic heterocycles. The van der Waals surface area contributed by atoms with Gasteiger partial charge in [0.2, 0.25) is 5.91 Å². The van der Waals surface area contributed by atoms with Gasteiger partial charge in [0.1, 0.15) is 0 Å². The highest BCUT2D eigenvalue weighted by molar-refractivity contribution is 5.76. The van der Waals surface area contributed by atoms with Crippen molar-refractivity contribution >= 4 is 5.91 Å². The molecule has 2 heteroatoms. The van der Waals surface area contributed by atoms with Crippen LogP contribution in [0.5, 0.6) is 0 Å². The molecule has 0 spiro atoms. The molecule has 0 heterocycles. The number of carbonyl (C=O) groups is 1. The van der Waals surface area contributed by atoms with Crippen molar-refractivity contribution in [1.29, 1.82) is 0 Å². The molecule has 0 rings (SSSR count). The van der Waals surface area contributed by atoms with Crippen LogP contribution in [-0.4, -0.2) is 11.9 Å². The second kappa shape index (κ2) is 9.58. The minimum atomic E-state index is -0.141. The average molecular weight is 209 g/mol. The van der Waals surface area contributed by atoms with Crippen LogP contribution in [0.15, 0.2) is 0 Å². The summed E-state index contributed by atoms with van der Waals surface area (Å²) < 4.78 is 0. The molecular formula is C13H23NO. The molecule has 86 valence electrons. The lowest BCUT2D eigenvalue weighted by molar-refractivity contribution is -0.121. The smallest absolute Gasteiger partial charge is 0.220 e. The zero-order valence-electron chi connectivity index (χ0n) is 10.0. The Hall–Kier alpha value is -0.970. The summed E-state index contributed by atoms with van der Waals surface area (Å²) >= 11 is 0. The fraction of sp³-hybridized carbons (Fsp3) is 0.769. The van der Waals surface area contributed by atoms with Crippen LogP contribution in [0.4, 0.5) is 0 Å². The average Bonchev–Trinajstić information content (AvgIpc) is 2.23. The zero-order chi connectivity index (χ0) is 11.5. The Kier molecular flexibility index (Phi) is 8.96. The van der Waals surface area contributed by atoms with Crippen LogP contribution in [0.25, 0.3) is 0 Å². The zero-order valence-corrected chi connectivity index (χ0v) is 10.0. The van der Waals surface area contributed by atoms with Crippen molar-refractivity contribution in [2.75, 3.05) is 0 Å². The predicted octanol–water partition coefficient (Wildman–Crippen LogP) is 2.87. The van der Waals surface area contributed by atoms with Gasteiger partial charge in [-0.15, -0.1) is 6.42 Å². The molecule has 0 aromatic rings. The Balaban J connectivity index is 3.28. The minimum Gasteiger partial charge on any atom is -0.343 e. The number of nitrogens with one attached hydrogen (secondary N) is 1. The van der Waals surface area contributed by atoms with E-state index in [9.17, 15) is 4.79 Å². The van der Waals surface area contributed by atoms with Gasteiger partial charge < -0.3 is 5.32 Å². The maximum atomic E-state index is 11.3. The molecule has 1 unspecified atom stereocenters. The van der Waals surface area contributed by atoms with Crippen LogP contribution < -0.4 is 5.32 Å². The molecule has 0 fully saturated rings. The van der Waals surface area contributed by atoms with Crippen molar-refractivity contribution in [3.05, 3.63) is 0 Å². The quantitative estimate of drug-likeness (QED) is 0.483. The van der Waals surface area contributed by atoms with Gasteiger partial charge in [0.25, 0.3) is 0 Å². The Morgan fingerprint density at radius 3 is 2.47 bits per heavy atom. The number of rotatable bonds is 8. The standard InChI is InChI=1S/C13H23NO/c1-4-6-7-8-9-10-11-13(15)14-12(3)5-2/h2,12H,4,6-11H2,1,3H3,(H,14,15). The molecule has 0 bridgehead atoms. The second-order valence-corrected chi connectivity index (χ2v) is 3.97. The lowest BCUT2D eigenvalue weighted by Gasteiger charge is -2.07. The number of terminal acetylenes is 1. The van der Waals surface area contributed by atoms with Crippen LogP contribution in [0.2, 0.25) is 0 Å².